The molecule has 0 unspecified atom stereocenters. The van der Waals surface area contributed by atoms with Crippen molar-refractivity contribution in [3.63, 3.8) is 0 Å². The molecule has 0 amide bonds. The van der Waals surface area contributed by atoms with Gasteiger partial charge in [0, 0.05) is 19.3 Å². The molecule has 0 saturated heterocycles. The van der Waals surface area contributed by atoms with Crippen LogP contribution in [0.5, 0.6) is 0 Å². The first-order valence-electron chi connectivity index (χ1n) is 19.9. The fraction of sp³-hybridized carbons (Fsp3) is 0.925. The minimum absolute atomic E-state index is 0.0663. The van der Waals surface area contributed by atoms with Crippen molar-refractivity contribution >= 4 is 17.9 Å². The molecule has 0 aromatic carbocycles. The molecule has 0 radical (unpaired) electrons. The molecule has 6 heteroatoms. The maximum atomic E-state index is 12.4. The molecule has 272 valence electrons. The predicted octanol–water partition coefficient (Wildman–Crippen LogP) is 12.0. The van der Waals surface area contributed by atoms with Crippen molar-refractivity contribution in [2.75, 3.05) is 13.2 Å². The van der Waals surface area contributed by atoms with Gasteiger partial charge in [0.15, 0.2) is 6.10 Å². The van der Waals surface area contributed by atoms with Crippen molar-refractivity contribution in [3.05, 3.63) is 0 Å². The van der Waals surface area contributed by atoms with Gasteiger partial charge in [-0.15, -0.1) is 0 Å². The van der Waals surface area contributed by atoms with E-state index in [-0.39, 0.29) is 31.1 Å². The SMILES string of the molecule is CCCCCCCCCCCC(=O)OC[C@H](COC(=O)CCCCCCCCCCCCCC(C)C)OC(=O)CCCCCCC. The molecule has 0 aromatic heterocycles. The van der Waals surface area contributed by atoms with Crippen molar-refractivity contribution in [2.24, 2.45) is 5.92 Å². The second kappa shape index (κ2) is 34.7. The van der Waals surface area contributed by atoms with Gasteiger partial charge in [0.1, 0.15) is 13.2 Å². The quantitative estimate of drug-likeness (QED) is 0.0385. The Morgan fingerprint density at radius 3 is 1.07 bits per heavy atom. The Kier molecular flexibility index (Phi) is 33.5. The third-order valence-electron chi connectivity index (χ3n) is 8.79. The molecule has 0 aliphatic carbocycles. The molecule has 46 heavy (non-hydrogen) atoms. The van der Waals surface area contributed by atoms with Crippen LogP contribution in [0.2, 0.25) is 0 Å². The lowest BCUT2D eigenvalue weighted by atomic mass is 10.0. The zero-order valence-electron chi connectivity index (χ0n) is 31.0. The van der Waals surface area contributed by atoms with Gasteiger partial charge < -0.3 is 14.2 Å². The average Bonchev–Trinajstić information content (AvgIpc) is 3.03. The van der Waals surface area contributed by atoms with Crippen LogP contribution < -0.4 is 0 Å². The van der Waals surface area contributed by atoms with Crippen LogP contribution >= 0.6 is 0 Å². The lowest BCUT2D eigenvalue weighted by Crippen LogP contribution is -2.30. The van der Waals surface area contributed by atoms with Gasteiger partial charge in [0.05, 0.1) is 0 Å². The summed E-state index contributed by atoms with van der Waals surface area (Å²) < 4.78 is 16.5. The summed E-state index contributed by atoms with van der Waals surface area (Å²) in [5.41, 5.74) is 0. The summed E-state index contributed by atoms with van der Waals surface area (Å²) in [6.07, 6.45) is 31.2. The van der Waals surface area contributed by atoms with Gasteiger partial charge in [-0.05, 0) is 25.2 Å². The first-order valence-corrected chi connectivity index (χ1v) is 19.9. The van der Waals surface area contributed by atoms with Crippen molar-refractivity contribution in [1.29, 1.82) is 0 Å². The number of hydrogen-bond acceptors (Lipinski definition) is 6. The molecular formula is C40H76O6. The molecule has 0 aromatic rings. The van der Waals surface area contributed by atoms with Gasteiger partial charge in [-0.25, -0.2) is 0 Å². The third-order valence-corrected chi connectivity index (χ3v) is 8.79. The first kappa shape index (κ1) is 44.4. The van der Waals surface area contributed by atoms with Crippen LogP contribution in [0.3, 0.4) is 0 Å². The first-order chi connectivity index (χ1) is 22.4. The molecule has 0 bridgehead atoms. The summed E-state index contributed by atoms with van der Waals surface area (Å²) in [5.74, 6) is -0.0528. The van der Waals surface area contributed by atoms with Gasteiger partial charge in [-0.3, -0.25) is 14.4 Å². The van der Waals surface area contributed by atoms with Crippen LogP contribution in [0, 0.1) is 5.92 Å². The van der Waals surface area contributed by atoms with E-state index < -0.39 is 6.10 Å². The van der Waals surface area contributed by atoms with Crippen molar-refractivity contribution in [3.8, 4) is 0 Å². The number of esters is 3. The van der Waals surface area contributed by atoms with Crippen LogP contribution in [0.15, 0.2) is 0 Å². The number of carbonyl (C=O) groups excluding carboxylic acids is 3. The second-order valence-corrected chi connectivity index (χ2v) is 14.0. The number of ether oxygens (including phenoxy) is 3. The van der Waals surface area contributed by atoms with Gasteiger partial charge in [-0.2, -0.15) is 0 Å². The highest BCUT2D eigenvalue weighted by Crippen LogP contribution is 2.15. The Bertz CT molecular complexity index is 691. The summed E-state index contributed by atoms with van der Waals surface area (Å²) in [5, 5.41) is 0. The Morgan fingerprint density at radius 2 is 0.717 bits per heavy atom. The van der Waals surface area contributed by atoms with E-state index >= 15 is 0 Å². The van der Waals surface area contributed by atoms with Crippen LogP contribution in [-0.4, -0.2) is 37.2 Å². The molecule has 0 aliphatic heterocycles. The lowest BCUT2D eigenvalue weighted by molar-refractivity contribution is -0.167. The Hall–Kier alpha value is -1.59. The fourth-order valence-corrected chi connectivity index (χ4v) is 5.74. The Balaban J connectivity index is 4.18. The molecule has 0 N–H and O–H groups in total. The van der Waals surface area contributed by atoms with Gasteiger partial charge in [-0.1, -0.05) is 175 Å². The van der Waals surface area contributed by atoms with Gasteiger partial charge >= 0.3 is 17.9 Å². The zero-order valence-corrected chi connectivity index (χ0v) is 31.0. The molecule has 0 spiro atoms. The molecule has 0 rings (SSSR count). The number of unbranched alkanes of at least 4 members (excludes halogenated alkanes) is 22. The van der Waals surface area contributed by atoms with Crippen LogP contribution in [0.1, 0.15) is 214 Å². The monoisotopic (exact) mass is 653 g/mol. The summed E-state index contributed by atoms with van der Waals surface area (Å²) in [6.45, 7) is 8.86. The zero-order chi connectivity index (χ0) is 33.9. The maximum absolute atomic E-state index is 12.4. The van der Waals surface area contributed by atoms with E-state index in [2.05, 4.69) is 27.7 Å². The topological polar surface area (TPSA) is 78.9 Å². The van der Waals surface area contributed by atoms with E-state index in [1.165, 1.54) is 103 Å². The van der Waals surface area contributed by atoms with E-state index in [4.69, 9.17) is 14.2 Å². The van der Waals surface area contributed by atoms with E-state index in [0.717, 1.165) is 70.1 Å². The molecular weight excluding hydrogens is 576 g/mol. The number of rotatable bonds is 35. The van der Waals surface area contributed by atoms with Gasteiger partial charge in [0.25, 0.3) is 0 Å². The minimum atomic E-state index is -0.755. The van der Waals surface area contributed by atoms with Crippen LogP contribution in [0.4, 0.5) is 0 Å². The molecule has 0 heterocycles. The van der Waals surface area contributed by atoms with Crippen molar-refractivity contribution < 1.29 is 28.6 Å². The number of carbonyl (C=O) groups is 3. The lowest BCUT2D eigenvalue weighted by Gasteiger charge is -2.18. The molecule has 0 aliphatic rings. The second-order valence-electron chi connectivity index (χ2n) is 14.0. The van der Waals surface area contributed by atoms with Gasteiger partial charge in [0.2, 0.25) is 0 Å². The highest BCUT2D eigenvalue weighted by Gasteiger charge is 2.19. The molecule has 1 atom stereocenters. The van der Waals surface area contributed by atoms with Crippen LogP contribution in [-0.2, 0) is 28.6 Å². The van der Waals surface area contributed by atoms with Crippen molar-refractivity contribution in [1.82, 2.24) is 0 Å². The fourth-order valence-electron chi connectivity index (χ4n) is 5.74. The Labute approximate surface area is 285 Å². The normalized spacial score (nSPS) is 11.9. The summed E-state index contributed by atoms with van der Waals surface area (Å²) in [4.78, 5) is 37.2. The maximum Gasteiger partial charge on any atom is 0.306 e. The van der Waals surface area contributed by atoms with E-state index in [1.807, 2.05) is 0 Å². The van der Waals surface area contributed by atoms with E-state index in [9.17, 15) is 14.4 Å². The predicted molar refractivity (Wildman–Crippen MR) is 192 cm³/mol. The summed E-state index contributed by atoms with van der Waals surface area (Å²) >= 11 is 0. The smallest absolute Gasteiger partial charge is 0.306 e. The van der Waals surface area contributed by atoms with Crippen LogP contribution in [0.25, 0.3) is 0 Å². The number of hydrogen-bond donors (Lipinski definition) is 0. The highest BCUT2D eigenvalue weighted by atomic mass is 16.6. The van der Waals surface area contributed by atoms with E-state index in [0.29, 0.717) is 19.3 Å². The molecule has 0 fully saturated rings. The molecule has 6 nitrogen and oxygen atoms in total. The average molecular weight is 653 g/mol. The largest absolute Gasteiger partial charge is 0.462 e. The van der Waals surface area contributed by atoms with E-state index in [1.54, 1.807) is 0 Å². The summed E-state index contributed by atoms with van der Waals surface area (Å²) in [7, 11) is 0. The Morgan fingerprint density at radius 1 is 0.413 bits per heavy atom. The molecule has 0 saturated carbocycles. The summed E-state index contributed by atoms with van der Waals surface area (Å²) in [6, 6.07) is 0. The third kappa shape index (κ3) is 33.8. The minimum Gasteiger partial charge on any atom is -0.462 e. The highest BCUT2D eigenvalue weighted by molar-refractivity contribution is 5.71. The standard InChI is InChI=1S/C40H76O6/c1-5-7-9-11-12-16-20-24-27-31-38(41)44-34-37(46-40(43)33-29-22-10-8-6-2)35-45-39(42)32-28-25-21-18-15-13-14-17-19-23-26-30-36(3)4/h36-37H,5-35H2,1-4H3/t37-/m1/s1. The van der Waals surface area contributed by atoms with Crippen molar-refractivity contribution in [2.45, 2.75) is 220 Å².